The number of hydrogen-bond donors (Lipinski definition) is 4. The SMILES string of the molecule is O=C(O)c1cccc2[nH]c(-c3nc4c(C(=O)O)cccc4[nH]3)nc12. The van der Waals surface area contributed by atoms with Crippen LogP contribution in [0.1, 0.15) is 20.7 Å². The summed E-state index contributed by atoms with van der Waals surface area (Å²) in [7, 11) is 0. The van der Waals surface area contributed by atoms with Gasteiger partial charge in [-0.25, -0.2) is 19.6 Å². The summed E-state index contributed by atoms with van der Waals surface area (Å²) in [6, 6.07) is 9.60. The van der Waals surface area contributed by atoms with Gasteiger partial charge in [0.2, 0.25) is 0 Å². The number of benzene rings is 2. The molecule has 4 aromatic rings. The fourth-order valence-corrected chi connectivity index (χ4v) is 2.63. The Morgan fingerprint density at radius 3 is 1.54 bits per heavy atom. The second kappa shape index (κ2) is 4.92. The highest BCUT2D eigenvalue weighted by molar-refractivity contribution is 6.03. The standard InChI is InChI=1S/C16H10N4O4/c21-15(22)7-3-1-5-9-11(7)19-13(17-9)14-18-10-6-2-4-8(16(23)24)12(10)20-14/h1-6H,(H,17,19)(H,18,20)(H,21,22)(H,23,24). The first-order valence-electron chi connectivity index (χ1n) is 6.99. The highest BCUT2D eigenvalue weighted by Crippen LogP contribution is 2.24. The van der Waals surface area contributed by atoms with E-state index in [0.29, 0.717) is 33.7 Å². The molecule has 0 aliphatic carbocycles. The van der Waals surface area contributed by atoms with Gasteiger partial charge in [-0.3, -0.25) is 0 Å². The third-order valence-corrected chi connectivity index (χ3v) is 3.71. The van der Waals surface area contributed by atoms with E-state index in [1.807, 2.05) is 0 Å². The summed E-state index contributed by atoms with van der Waals surface area (Å²) in [4.78, 5) is 37.2. The Hall–Kier alpha value is -3.68. The highest BCUT2D eigenvalue weighted by atomic mass is 16.4. The quantitative estimate of drug-likeness (QED) is 0.458. The smallest absolute Gasteiger partial charge is 0.337 e. The third kappa shape index (κ3) is 2.01. The lowest BCUT2D eigenvalue weighted by Crippen LogP contribution is -1.97. The molecule has 0 radical (unpaired) electrons. The zero-order valence-corrected chi connectivity index (χ0v) is 12.1. The van der Waals surface area contributed by atoms with Crippen LogP contribution >= 0.6 is 0 Å². The van der Waals surface area contributed by atoms with Crippen molar-refractivity contribution >= 4 is 34.0 Å². The molecule has 8 heteroatoms. The number of carboxylic acid groups (broad SMARTS) is 2. The first-order valence-corrected chi connectivity index (χ1v) is 6.99. The van der Waals surface area contributed by atoms with Crippen LogP contribution in [0, 0.1) is 0 Å². The number of aromatic amines is 2. The van der Waals surface area contributed by atoms with Gasteiger partial charge in [-0.15, -0.1) is 0 Å². The van der Waals surface area contributed by atoms with Gasteiger partial charge in [0.15, 0.2) is 11.6 Å². The monoisotopic (exact) mass is 322 g/mol. The van der Waals surface area contributed by atoms with Crippen LogP contribution in [0.15, 0.2) is 36.4 Å². The van der Waals surface area contributed by atoms with Crippen LogP contribution in [0.5, 0.6) is 0 Å². The molecule has 2 aromatic carbocycles. The van der Waals surface area contributed by atoms with Gasteiger partial charge in [0.25, 0.3) is 0 Å². The van der Waals surface area contributed by atoms with Crippen molar-refractivity contribution in [3.63, 3.8) is 0 Å². The molecule has 2 heterocycles. The second-order valence-corrected chi connectivity index (χ2v) is 5.18. The molecule has 0 bridgehead atoms. The number of nitrogens with one attached hydrogen (secondary N) is 2. The molecule has 2 aromatic heterocycles. The predicted molar refractivity (Wildman–Crippen MR) is 85.1 cm³/mol. The van der Waals surface area contributed by atoms with Gasteiger partial charge in [-0.05, 0) is 24.3 Å². The molecular formula is C16H10N4O4. The number of aromatic carboxylic acids is 2. The number of nitrogens with zero attached hydrogens (tertiary/aromatic N) is 2. The Morgan fingerprint density at radius 1 is 0.750 bits per heavy atom. The van der Waals surface area contributed by atoms with Crippen molar-refractivity contribution in [2.24, 2.45) is 0 Å². The normalized spacial score (nSPS) is 11.2. The molecule has 4 rings (SSSR count). The Kier molecular flexibility index (Phi) is 2.86. The molecule has 0 unspecified atom stereocenters. The molecule has 0 spiro atoms. The number of carboxylic acids is 2. The minimum absolute atomic E-state index is 0.0809. The van der Waals surface area contributed by atoms with Crippen LogP contribution in [-0.2, 0) is 0 Å². The molecule has 0 fully saturated rings. The average molecular weight is 322 g/mol. The minimum Gasteiger partial charge on any atom is -0.478 e. The summed E-state index contributed by atoms with van der Waals surface area (Å²) in [5, 5.41) is 18.5. The van der Waals surface area contributed by atoms with Crippen molar-refractivity contribution in [2.75, 3.05) is 0 Å². The van der Waals surface area contributed by atoms with E-state index in [-0.39, 0.29) is 11.1 Å². The van der Waals surface area contributed by atoms with E-state index in [1.54, 1.807) is 24.3 Å². The fraction of sp³-hybridized carbons (Fsp3) is 0. The molecule has 0 saturated carbocycles. The van der Waals surface area contributed by atoms with Gasteiger partial charge in [0.05, 0.1) is 22.2 Å². The molecule has 24 heavy (non-hydrogen) atoms. The van der Waals surface area contributed by atoms with E-state index in [2.05, 4.69) is 19.9 Å². The van der Waals surface area contributed by atoms with Crippen molar-refractivity contribution in [1.82, 2.24) is 19.9 Å². The highest BCUT2D eigenvalue weighted by Gasteiger charge is 2.17. The van der Waals surface area contributed by atoms with Crippen LogP contribution < -0.4 is 0 Å². The molecule has 0 aliphatic rings. The first kappa shape index (κ1) is 13.9. The maximum absolute atomic E-state index is 11.3. The number of carbonyl (C=O) groups is 2. The van der Waals surface area contributed by atoms with Gasteiger partial charge in [0, 0.05) is 0 Å². The van der Waals surface area contributed by atoms with Gasteiger partial charge in [0.1, 0.15) is 11.0 Å². The lowest BCUT2D eigenvalue weighted by molar-refractivity contribution is 0.0688. The van der Waals surface area contributed by atoms with Gasteiger partial charge >= 0.3 is 11.9 Å². The summed E-state index contributed by atoms with van der Waals surface area (Å²) in [5.74, 6) is -1.47. The average Bonchev–Trinajstić information content (AvgIpc) is 3.17. The largest absolute Gasteiger partial charge is 0.478 e. The molecule has 0 aliphatic heterocycles. The summed E-state index contributed by atoms with van der Waals surface area (Å²) >= 11 is 0. The lowest BCUT2D eigenvalue weighted by Gasteiger charge is -1.93. The van der Waals surface area contributed by atoms with Gasteiger partial charge in [-0.2, -0.15) is 0 Å². The number of rotatable bonds is 3. The van der Waals surface area contributed by atoms with E-state index in [1.165, 1.54) is 12.1 Å². The van der Waals surface area contributed by atoms with E-state index >= 15 is 0 Å². The second-order valence-electron chi connectivity index (χ2n) is 5.18. The van der Waals surface area contributed by atoms with E-state index < -0.39 is 11.9 Å². The number of H-pyrrole nitrogens is 2. The van der Waals surface area contributed by atoms with Gasteiger partial charge in [-0.1, -0.05) is 12.1 Å². The van der Waals surface area contributed by atoms with Crippen LogP contribution in [0.2, 0.25) is 0 Å². The summed E-state index contributed by atoms with van der Waals surface area (Å²) in [6.45, 7) is 0. The summed E-state index contributed by atoms with van der Waals surface area (Å²) < 4.78 is 0. The molecular weight excluding hydrogens is 312 g/mol. The lowest BCUT2D eigenvalue weighted by atomic mass is 10.2. The minimum atomic E-state index is -1.07. The predicted octanol–water partition coefficient (Wildman–Crippen LogP) is 2.50. The molecule has 0 atom stereocenters. The molecule has 0 amide bonds. The van der Waals surface area contributed by atoms with Crippen LogP contribution in [-0.4, -0.2) is 42.1 Å². The number of aromatic nitrogens is 4. The van der Waals surface area contributed by atoms with Gasteiger partial charge < -0.3 is 20.2 Å². The Morgan fingerprint density at radius 2 is 1.17 bits per heavy atom. The van der Waals surface area contributed by atoms with Crippen LogP contribution in [0.25, 0.3) is 33.7 Å². The zero-order valence-electron chi connectivity index (χ0n) is 12.1. The molecule has 4 N–H and O–H groups in total. The number of para-hydroxylation sites is 2. The number of hydrogen-bond acceptors (Lipinski definition) is 4. The molecule has 118 valence electrons. The van der Waals surface area contributed by atoms with Crippen molar-refractivity contribution < 1.29 is 19.8 Å². The molecule has 8 nitrogen and oxygen atoms in total. The van der Waals surface area contributed by atoms with Crippen molar-refractivity contribution in [3.05, 3.63) is 47.5 Å². The zero-order chi connectivity index (χ0) is 16.8. The Bertz CT molecular complexity index is 1040. The van der Waals surface area contributed by atoms with Crippen molar-refractivity contribution in [3.8, 4) is 11.6 Å². The molecule has 0 saturated heterocycles. The van der Waals surface area contributed by atoms with Crippen molar-refractivity contribution in [2.45, 2.75) is 0 Å². The Labute approximate surface area is 133 Å². The van der Waals surface area contributed by atoms with E-state index in [4.69, 9.17) is 0 Å². The summed E-state index contributed by atoms with van der Waals surface area (Å²) in [5.41, 5.74) is 1.92. The number of imidazole rings is 2. The topological polar surface area (TPSA) is 132 Å². The maximum Gasteiger partial charge on any atom is 0.337 e. The Balaban J connectivity index is 1.93. The fourth-order valence-electron chi connectivity index (χ4n) is 2.63. The van der Waals surface area contributed by atoms with E-state index in [9.17, 15) is 19.8 Å². The van der Waals surface area contributed by atoms with Crippen LogP contribution in [0.4, 0.5) is 0 Å². The van der Waals surface area contributed by atoms with Crippen molar-refractivity contribution in [1.29, 1.82) is 0 Å². The summed E-state index contributed by atoms with van der Waals surface area (Å²) in [6.07, 6.45) is 0. The van der Waals surface area contributed by atoms with Crippen LogP contribution in [0.3, 0.4) is 0 Å². The number of fused-ring (bicyclic) bond motifs is 2. The third-order valence-electron chi connectivity index (χ3n) is 3.71. The van der Waals surface area contributed by atoms with E-state index in [0.717, 1.165) is 0 Å². The first-order chi connectivity index (χ1) is 11.5. The maximum atomic E-state index is 11.3.